The van der Waals surface area contributed by atoms with Crippen LogP contribution in [0.3, 0.4) is 0 Å². The molecule has 1 rings (SSSR count). The van der Waals surface area contributed by atoms with Gasteiger partial charge in [-0.05, 0) is 32.4 Å². The summed E-state index contributed by atoms with van der Waals surface area (Å²) in [5.74, 6) is 0.0239. The fourth-order valence-corrected chi connectivity index (χ4v) is 2.06. The Hall–Kier alpha value is -0.970. The van der Waals surface area contributed by atoms with Gasteiger partial charge in [0.2, 0.25) is 5.91 Å². The van der Waals surface area contributed by atoms with E-state index in [-0.39, 0.29) is 36.8 Å². The number of amides is 1. The molecule has 0 aromatic heterocycles. The first-order valence-corrected chi connectivity index (χ1v) is 6.87. The number of halogens is 2. The highest BCUT2D eigenvalue weighted by Crippen LogP contribution is 2.18. The molecule has 1 unspecified atom stereocenters. The summed E-state index contributed by atoms with van der Waals surface area (Å²) >= 11 is 0. The number of rotatable bonds is 7. The summed E-state index contributed by atoms with van der Waals surface area (Å²) in [6, 6.07) is 8.21. The number of hydrogen-bond donors (Lipinski definition) is 2. The Morgan fingerprint density at radius 1 is 1.33 bits per heavy atom. The van der Waals surface area contributed by atoms with Gasteiger partial charge in [0.05, 0.1) is 0 Å². The zero-order chi connectivity index (χ0) is 14.3. The number of carbonyl (C=O) groups is 1. The van der Waals surface area contributed by atoms with Gasteiger partial charge in [-0.15, -0.1) is 24.8 Å². The topological polar surface area (TPSA) is 58.4 Å². The minimum atomic E-state index is -0.0846. The molecule has 122 valence electrons. The second kappa shape index (κ2) is 11.7. The summed E-state index contributed by atoms with van der Waals surface area (Å²) in [4.78, 5) is 13.8. The van der Waals surface area contributed by atoms with Gasteiger partial charge < -0.3 is 16.0 Å². The smallest absolute Gasteiger partial charge is 0.221 e. The van der Waals surface area contributed by atoms with Crippen LogP contribution in [0, 0.1) is 6.92 Å². The van der Waals surface area contributed by atoms with E-state index in [1.54, 1.807) is 0 Å². The fourth-order valence-electron chi connectivity index (χ4n) is 2.06. The van der Waals surface area contributed by atoms with Crippen LogP contribution in [0.5, 0.6) is 0 Å². The maximum atomic E-state index is 11.5. The van der Waals surface area contributed by atoms with Crippen molar-refractivity contribution in [2.24, 2.45) is 5.73 Å². The number of nitrogens with zero attached hydrogens (tertiary/aromatic N) is 1. The number of benzene rings is 1. The predicted octanol–water partition coefficient (Wildman–Crippen LogP) is 2.52. The first kappa shape index (κ1) is 22.3. The van der Waals surface area contributed by atoms with E-state index in [0.29, 0.717) is 13.0 Å². The van der Waals surface area contributed by atoms with Crippen LogP contribution in [0.25, 0.3) is 0 Å². The maximum Gasteiger partial charge on any atom is 0.221 e. The molecule has 0 saturated heterocycles. The first-order chi connectivity index (χ1) is 9.04. The summed E-state index contributed by atoms with van der Waals surface area (Å²) in [7, 11) is 0. The number of nitrogens with one attached hydrogen (secondary N) is 1. The number of aryl methyl sites for hydroxylation is 1. The molecule has 6 heteroatoms. The van der Waals surface area contributed by atoms with Crippen molar-refractivity contribution in [2.45, 2.75) is 33.2 Å². The standard InChI is InChI=1S/C15H25N3O.2ClH/c1-4-18(14-8-6-5-7-12(14)2)10-9-17-15(19)11-13(3)16;;/h5-8,13H,4,9-11,16H2,1-3H3,(H,17,19);2*1H. The lowest BCUT2D eigenvalue weighted by Gasteiger charge is -2.25. The zero-order valence-electron chi connectivity index (χ0n) is 13.0. The van der Waals surface area contributed by atoms with E-state index in [1.807, 2.05) is 19.1 Å². The molecule has 4 nitrogen and oxygen atoms in total. The number of carbonyl (C=O) groups excluding carboxylic acids is 1. The first-order valence-electron chi connectivity index (χ1n) is 6.87. The molecule has 0 bridgehead atoms. The van der Waals surface area contributed by atoms with Gasteiger partial charge in [0, 0.05) is 37.8 Å². The lowest BCUT2D eigenvalue weighted by atomic mass is 10.2. The van der Waals surface area contributed by atoms with Gasteiger partial charge in [-0.3, -0.25) is 4.79 Å². The highest BCUT2D eigenvalue weighted by Gasteiger charge is 2.08. The second-order valence-electron chi connectivity index (χ2n) is 4.90. The molecule has 3 N–H and O–H groups in total. The monoisotopic (exact) mass is 335 g/mol. The van der Waals surface area contributed by atoms with Crippen LogP contribution in [0.15, 0.2) is 24.3 Å². The number of hydrogen-bond acceptors (Lipinski definition) is 3. The molecule has 21 heavy (non-hydrogen) atoms. The third kappa shape index (κ3) is 8.15. The third-order valence-corrected chi connectivity index (χ3v) is 3.05. The molecule has 1 atom stereocenters. The molecule has 0 aliphatic carbocycles. The van der Waals surface area contributed by atoms with Gasteiger partial charge in [0.1, 0.15) is 0 Å². The summed E-state index contributed by atoms with van der Waals surface area (Å²) in [5, 5.41) is 2.91. The van der Waals surface area contributed by atoms with Crippen molar-refractivity contribution in [1.82, 2.24) is 5.32 Å². The normalized spacial score (nSPS) is 10.9. The van der Waals surface area contributed by atoms with Crippen molar-refractivity contribution in [2.75, 3.05) is 24.5 Å². The quantitative estimate of drug-likeness (QED) is 0.804. The zero-order valence-corrected chi connectivity index (χ0v) is 14.6. The largest absolute Gasteiger partial charge is 0.370 e. The van der Waals surface area contributed by atoms with Crippen molar-refractivity contribution in [3.63, 3.8) is 0 Å². The van der Waals surface area contributed by atoms with E-state index in [2.05, 4.69) is 36.2 Å². The van der Waals surface area contributed by atoms with E-state index < -0.39 is 0 Å². The summed E-state index contributed by atoms with van der Waals surface area (Å²) in [5.41, 5.74) is 8.07. The number of likely N-dealkylation sites (N-methyl/N-ethyl adjacent to an activating group) is 1. The average Bonchev–Trinajstić information content (AvgIpc) is 2.35. The molecule has 0 spiro atoms. The lowest BCUT2D eigenvalue weighted by Crippen LogP contribution is -2.37. The van der Waals surface area contributed by atoms with E-state index in [0.717, 1.165) is 13.1 Å². The Labute approximate surface area is 140 Å². The maximum absolute atomic E-state index is 11.5. The van der Waals surface area contributed by atoms with E-state index >= 15 is 0 Å². The molecule has 1 amide bonds. The van der Waals surface area contributed by atoms with E-state index in [4.69, 9.17) is 5.73 Å². The second-order valence-corrected chi connectivity index (χ2v) is 4.90. The minimum absolute atomic E-state index is 0. The Bertz CT molecular complexity index is 414. The van der Waals surface area contributed by atoms with E-state index in [9.17, 15) is 4.79 Å². The van der Waals surface area contributed by atoms with Crippen LogP contribution in [0.2, 0.25) is 0 Å². The van der Waals surface area contributed by atoms with Crippen molar-refractivity contribution in [3.05, 3.63) is 29.8 Å². The van der Waals surface area contributed by atoms with Crippen molar-refractivity contribution < 1.29 is 4.79 Å². The van der Waals surface area contributed by atoms with Crippen molar-refractivity contribution in [3.8, 4) is 0 Å². The summed E-state index contributed by atoms with van der Waals surface area (Å²) in [6.45, 7) is 8.45. The Morgan fingerprint density at radius 3 is 2.48 bits per heavy atom. The highest BCUT2D eigenvalue weighted by atomic mass is 35.5. The number of para-hydroxylation sites is 1. The lowest BCUT2D eigenvalue weighted by molar-refractivity contribution is -0.121. The molecule has 0 radical (unpaired) electrons. The molecule has 0 aliphatic rings. The number of nitrogens with two attached hydrogens (primary N) is 1. The van der Waals surface area contributed by atoms with Crippen molar-refractivity contribution >= 4 is 36.4 Å². The van der Waals surface area contributed by atoms with Crippen LogP contribution in [-0.4, -0.2) is 31.6 Å². The Balaban J connectivity index is 0. The van der Waals surface area contributed by atoms with E-state index in [1.165, 1.54) is 11.3 Å². The predicted molar refractivity (Wildman–Crippen MR) is 94.8 cm³/mol. The highest BCUT2D eigenvalue weighted by molar-refractivity contribution is 5.85. The average molecular weight is 336 g/mol. The fraction of sp³-hybridized carbons (Fsp3) is 0.533. The van der Waals surface area contributed by atoms with Crippen LogP contribution in [0.4, 0.5) is 5.69 Å². The molecular formula is C15H27Cl2N3O. The third-order valence-electron chi connectivity index (χ3n) is 3.05. The summed E-state index contributed by atoms with van der Waals surface area (Å²) < 4.78 is 0. The molecular weight excluding hydrogens is 309 g/mol. The van der Waals surface area contributed by atoms with Gasteiger partial charge in [-0.1, -0.05) is 18.2 Å². The molecule has 1 aromatic rings. The molecule has 0 saturated carbocycles. The summed E-state index contributed by atoms with van der Waals surface area (Å²) in [6.07, 6.45) is 0.385. The van der Waals surface area contributed by atoms with Gasteiger partial charge in [0.25, 0.3) is 0 Å². The van der Waals surface area contributed by atoms with Crippen LogP contribution >= 0.6 is 24.8 Å². The van der Waals surface area contributed by atoms with Gasteiger partial charge >= 0.3 is 0 Å². The SMILES string of the molecule is CCN(CCNC(=O)CC(C)N)c1ccccc1C.Cl.Cl. The van der Waals surface area contributed by atoms with Crippen LogP contribution in [-0.2, 0) is 4.79 Å². The van der Waals surface area contributed by atoms with Crippen LogP contribution in [0.1, 0.15) is 25.8 Å². The van der Waals surface area contributed by atoms with Crippen LogP contribution < -0.4 is 16.0 Å². The Morgan fingerprint density at radius 2 is 1.95 bits per heavy atom. The molecule has 0 heterocycles. The Kier molecular flexibility index (Phi) is 12.4. The van der Waals surface area contributed by atoms with Crippen molar-refractivity contribution in [1.29, 1.82) is 0 Å². The molecule has 0 fully saturated rings. The number of anilines is 1. The molecule has 0 aliphatic heterocycles. The molecule has 1 aromatic carbocycles. The van der Waals surface area contributed by atoms with Gasteiger partial charge in [-0.25, -0.2) is 0 Å². The van der Waals surface area contributed by atoms with Gasteiger partial charge in [0.15, 0.2) is 0 Å². The van der Waals surface area contributed by atoms with Gasteiger partial charge in [-0.2, -0.15) is 0 Å². The minimum Gasteiger partial charge on any atom is -0.370 e.